The number of hydrogen-bond donors (Lipinski definition) is 1. The lowest BCUT2D eigenvalue weighted by Gasteiger charge is -2.42. The van der Waals surface area contributed by atoms with Gasteiger partial charge in [-0.05, 0) is 28.7 Å². The Kier molecular flexibility index (Phi) is 7.34. The third-order valence-corrected chi connectivity index (χ3v) is 8.17. The zero-order chi connectivity index (χ0) is 25.7. The fourth-order valence-corrected chi connectivity index (χ4v) is 6.29. The molecule has 4 aromatic carbocycles. The van der Waals surface area contributed by atoms with Crippen molar-refractivity contribution in [2.24, 2.45) is 5.92 Å². The molecule has 4 aromatic rings. The van der Waals surface area contributed by atoms with Crippen LogP contribution in [0.3, 0.4) is 0 Å². The van der Waals surface area contributed by atoms with Gasteiger partial charge in [0.15, 0.2) is 0 Å². The van der Waals surface area contributed by atoms with Gasteiger partial charge in [0.05, 0.1) is 18.0 Å². The number of amides is 1. The summed E-state index contributed by atoms with van der Waals surface area (Å²) in [5.41, 5.74) is 4.88. The van der Waals surface area contributed by atoms with Crippen LogP contribution in [0.1, 0.15) is 40.8 Å². The van der Waals surface area contributed by atoms with Crippen molar-refractivity contribution in [1.82, 2.24) is 15.1 Å². The molecule has 2 atom stereocenters. The minimum atomic E-state index is -0.139. The summed E-state index contributed by atoms with van der Waals surface area (Å²) in [6, 6.07) is 42.7. The van der Waals surface area contributed by atoms with E-state index in [0.29, 0.717) is 6.04 Å². The highest BCUT2D eigenvalue weighted by Crippen LogP contribution is 2.35. The minimum Gasteiger partial charge on any atom is -0.345 e. The Labute approximate surface area is 225 Å². The molecule has 2 fully saturated rings. The lowest BCUT2D eigenvalue weighted by molar-refractivity contribution is -0.125. The van der Waals surface area contributed by atoms with E-state index in [-0.39, 0.29) is 23.9 Å². The van der Waals surface area contributed by atoms with E-state index < -0.39 is 0 Å². The Morgan fingerprint density at radius 2 is 1.11 bits per heavy atom. The maximum absolute atomic E-state index is 13.7. The van der Waals surface area contributed by atoms with Gasteiger partial charge in [-0.25, -0.2) is 0 Å². The minimum absolute atomic E-state index is 0.00164. The number of carbonyl (C=O) groups is 1. The van der Waals surface area contributed by atoms with E-state index in [4.69, 9.17) is 0 Å². The maximum atomic E-state index is 13.7. The second kappa shape index (κ2) is 11.3. The summed E-state index contributed by atoms with van der Waals surface area (Å²) >= 11 is 0. The monoisotopic (exact) mass is 501 g/mol. The maximum Gasteiger partial charge on any atom is 0.225 e. The summed E-state index contributed by atoms with van der Waals surface area (Å²) in [5.74, 6) is 0.160. The molecule has 38 heavy (non-hydrogen) atoms. The number of nitrogens with zero attached hydrogens (tertiary/aromatic N) is 2. The van der Waals surface area contributed by atoms with Gasteiger partial charge in [-0.15, -0.1) is 0 Å². The first-order valence-electron chi connectivity index (χ1n) is 13.7. The zero-order valence-electron chi connectivity index (χ0n) is 21.7. The zero-order valence-corrected chi connectivity index (χ0v) is 21.7. The Morgan fingerprint density at radius 3 is 1.61 bits per heavy atom. The molecule has 0 bridgehead atoms. The molecule has 192 valence electrons. The highest BCUT2D eigenvalue weighted by molar-refractivity contribution is 5.80. The van der Waals surface area contributed by atoms with Crippen molar-refractivity contribution in [1.29, 1.82) is 0 Å². The van der Waals surface area contributed by atoms with Gasteiger partial charge in [-0.2, -0.15) is 0 Å². The highest BCUT2D eigenvalue weighted by atomic mass is 16.2. The number of piperazine rings is 1. The first-order chi connectivity index (χ1) is 18.8. The molecule has 0 aromatic heterocycles. The average molecular weight is 502 g/mol. The molecule has 4 heteroatoms. The third-order valence-electron chi connectivity index (χ3n) is 8.17. The number of nitrogens with one attached hydrogen (secondary N) is 1. The van der Waals surface area contributed by atoms with Crippen LogP contribution in [0.25, 0.3) is 0 Å². The fraction of sp³-hybridized carbons (Fsp3) is 0.265. The summed E-state index contributed by atoms with van der Waals surface area (Å²) in [4.78, 5) is 18.8. The van der Waals surface area contributed by atoms with E-state index in [1.807, 2.05) is 36.4 Å². The van der Waals surface area contributed by atoms with Crippen LogP contribution < -0.4 is 5.32 Å². The van der Waals surface area contributed by atoms with E-state index in [1.165, 1.54) is 11.1 Å². The number of benzene rings is 4. The summed E-state index contributed by atoms with van der Waals surface area (Å²) < 4.78 is 0. The highest BCUT2D eigenvalue weighted by Gasteiger charge is 2.41. The van der Waals surface area contributed by atoms with Crippen molar-refractivity contribution in [3.05, 3.63) is 144 Å². The largest absolute Gasteiger partial charge is 0.345 e. The molecule has 0 spiro atoms. The molecule has 2 aliphatic heterocycles. The molecule has 0 radical (unpaired) electrons. The molecule has 6 rings (SSSR count). The van der Waals surface area contributed by atoms with Gasteiger partial charge in [0.1, 0.15) is 0 Å². The number of rotatable bonds is 7. The van der Waals surface area contributed by atoms with Gasteiger partial charge < -0.3 is 5.32 Å². The van der Waals surface area contributed by atoms with Crippen LogP contribution in [0.2, 0.25) is 0 Å². The van der Waals surface area contributed by atoms with Gasteiger partial charge >= 0.3 is 0 Å². The van der Waals surface area contributed by atoms with Crippen LogP contribution in [0.4, 0.5) is 0 Å². The smallest absolute Gasteiger partial charge is 0.225 e. The summed E-state index contributed by atoms with van der Waals surface area (Å²) in [6.07, 6.45) is 0.898. The first-order valence-corrected chi connectivity index (χ1v) is 13.7. The van der Waals surface area contributed by atoms with Gasteiger partial charge in [-0.1, -0.05) is 121 Å². The van der Waals surface area contributed by atoms with E-state index >= 15 is 0 Å². The SMILES string of the molecule is O=C(NC(c1ccccc1)c1ccccc1)C1C[C@H]2CN(C(c3ccccc3)c3ccccc3)CCN2C1. The molecule has 4 nitrogen and oxygen atoms in total. The van der Waals surface area contributed by atoms with E-state index in [2.05, 4.69) is 100 Å². The Bertz CT molecular complexity index is 1230. The predicted octanol–water partition coefficient (Wildman–Crippen LogP) is 5.69. The molecular formula is C34H35N3O. The quantitative estimate of drug-likeness (QED) is 0.354. The van der Waals surface area contributed by atoms with Gasteiger partial charge in [0.2, 0.25) is 5.91 Å². The molecule has 0 aliphatic carbocycles. The molecule has 1 amide bonds. The van der Waals surface area contributed by atoms with Gasteiger partial charge in [0, 0.05) is 32.2 Å². The Hall–Kier alpha value is -3.73. The second-order valence-electron chi connectivity index (χ2n) is 10.6. The van der Waals surface area contributed by atoms with Crippen LogP contribution >= 0.6 is 0 Å². The first kappa shape index (κ1) is 24.6. The lowest BCUT2D eigenvalue weighted by Crippen LogP contribution is -2.51. The Morgan fingerprint density at radius 1 is 0.632 bits per heavy atom. The molecular weight excluding hydrogens is 466 g/mol. The third kappa shape index (κ3) is 5.28. The van der Waals surface area contributed by atoms with Crippen LogP contribution in [0, 0.1) is 5.92 Å². The van der Waals surface area contributed by atoms with Crippen molar-refractivity contribution in [2.45, 2.75) is 24.5 Å². The number of carbonyl (C=O) groups excluding carboxylic acids is 1. The van der Waals surface area contributed by atoms with Crippen LogP contribution in [0.5, 0.6) is 0 Å². The number of hydrogen-bond acceptors (Lipinski definition) is 3. The average Bonchev–Trinajstić information content (AvgIpc) is 3.42. The molecule has 2 saturated heterocycles. The lowest BCUT2D eigenvalue weighted by atomic mass is 9.95. The van der Waals surface area contributed by atoms with Crippen molar-refractivity contribution in [2.75, 3.05) is 26.2 Å². The van der Waals surface area contributed by atoms with Gasteiger partial charge in [0.25, 0.3) is 0 Å². The summed E-state index contributed by atoms with van der Waals surface area (Å²) in [7, 11) is 0. The molecule has 2 aliphatic rings. The second-order valence-corrected chi connectivity index (χ2v) is 10.6. The van der Waals surface area contributed by atoms with Crippen molar-refractivity contribution in [3.8, 4) is 0 Å². The number of fused-ring (bicyclic) bond motifs is 1. The van der Waals surface area contributed by atoms with Crippen LogP contribution in [-0.2, 0) is 4.79 Å². The van der Waals surface area contributed by atoms with Crippen LogP contribution in [-0.4, -0.2) is 47.9 Å². The van der Waals surface area contributed by atoms with Crippen molar-refractivity contribution in [3.63, 3.8) is 0 Å². The molecule has 2 heterocycles. The fourth-order valence-electron chi connectivity index (χ4n) is 6.29. The topological polar surface area (TPSA) is 35.6 Å². The predicted molar refractivity (Wildman–Crippen MR) is 153 cm³/mol. The summed E-state index contributed by atoms with van der Waals surface area (Å²) in [5, 5.41) is 3.41. The van der Waals surface area contributed by atoms with E-state index in [9.17, 15) is 4.79 Å². The molecule has 1 unspecified atom stereocenters. The molecule has 1 N–H and O–H groups in total. The Balaban J connectivity index is 1.18. The summed E-state index contributed by atoms with van der Waals surface area (Å²) in [6.45, 7) is 3.79. The van der Waals surface area contributed by atoms with E-state index in [0.717, 1.165) is 43.7 Å². The van der Waals surface area contributed by atoms with Crippen molar-refractivity contribution < 1.29 is 4.79 Å². The van der Waals surface area contributed by atoms with E-state index in [1.54, 1.807) is 0 Å². The standard InChI is InChI=1S/C34H35N3O/c38-34(35-32(26-13-5-1-6-14-26)27-15-7-2-8-16-27)30-23-31-25-37(22-21-36(31)24-30)33(28-17-9-3-10-18-28)29-19-11-4-12-20-29/h1-20,30-33H,21-25H2,(H,35,38)/t30?,31-/m0/s1. The van der Waals surface area contributed by atoms with Gasteiger partial charge in [-0.3, -0.25) is 14.6 Å². The van der Waals surface area contributed by atoms with Crippen LogP contribution in [0.15, 0.2) is 121 Å². The molecule has 0 saturated carbocycles. The van der Waals surface area contributed by atoms with Crippen molar-refractivity contribution >= 4 is 5.91 Å². The normalized spacial score (nSPS) is 19.9.